The first-order chi connectivity index (χ1) is 10.3. The first-order valence-corrected chi connectivity index (χ1v) is 6.64. The van der Waals surface area contributed by atoms with Gasteiger partial charge in [0.1, 0.15) is 6.10 Å². The van der Waals surface area contributed by atoms with Crippen LogP contribution < -0.4 is 0 Å². The van der Waals surface area contributed by atoms with Gasteiger partial charge >= 0.3 is 0 Å². The molecule has 0 radical (unpaired) electrons. The first kappa shape index (κ1) is 13.3. The Morgan fingerprint density at radius 1 is 1.29 bits per heavy atom. The van der Waals surface area contributed by atoms with E-state index in [1.807, 2.05) is 30.3 Å². The lowest BCUT2D eigenvalue weighted by Crippen LogP contribution is -2.04. The summed E-state index contributed by atoms with van der Waals surface area (Å²) < 4.78 is 0. The number of H-pyrrole nitrogens is 1. The predicted molar refractivity (Wildman–Crippen MR) is 83.5 cm³/mol. The van der Waals surface area contributed by atoms with Crippen LogP contribution in [0.3, 0.4) is 0 Å². The summed E-state index contributed by atoms with van der Waals surface area (Å²) in [7, 11) is 0. The van der Waals surface area contributed by atoms with E-state index in [1.165, 1.54) is 0 Å². The molecule has 104 valence electrons. The molecule has 1 atom stereocenters. The molecule has 0 bridgehead atoms. The highest BCUT2D eigenvalue weighted by Crippen LogP contribution is 2.30. The smallest absolute Gasteiger partial charge is 0.125 e. The molecule has 4 heteroatoms. The molecule has 0 unspecified atom stereocenters. The van der Waals surface area contributed by atoms with Gasteiger partial charge in [0.15, 0.2) is 0 Å². The molecular weight excluding hydrogens is 262 g/mol. The van der Waals surface area contributed by atoms with Gasteiger partial charge in [-0.2, -0.15) is 0 Å². The molecule has 2 N–H and O–H groups in total. The molecule has 0 aliphatic rings. The number of hydrogen-bond donors (Lipinski definition) is 2. The number of fused-ring (bicyclic) bond motifs is 1. The number of aliphatic hydroxyl groups is 1. The molecule has 0 amide bonds. The second kappa shape index (κ2) is 5.73. The van der Waals surface area contributed by atoms with E-state index in [0.29, 0.717) is 11.3 Å². The summed E-state index contributed by atoms with van der Waals surface area (Å²) in [5, 5.41) is 11.6. The van der Waals surface area contributed by atoms with Gasteiger partial charge in [-0.3, -0.25) is 9.97 Å². The number of aromatic amines is 1. The quantitative estimate of drug-likeness (QED) is 0.719. The second-order valence-corrected chi connectivity index (χ2v) is 4.66. The van der Waals surface area contributed by atoms with Crippen LogP contribution in [0.5, 0.6) is 0 Å². The largest absolute Gasteiger partial charge is 0.382 e. The Morgan fingerprint density at radius 3 is 2.86 bits per heavy atom. The number of rotatable bonds is 4. The van der Waals surface area contributed by atoms with Crippen LogP contribution in [0.15, 0.2) is 67.7 Å². The van der Waals surface area contributed by atoms with Crippen molar-refractivity contribution in [2.75, 3.05) is 0 Å². The SMILES string of the molecule is C=C/C=C(\c1cc2ccccc2[nH]1)[C@H](O)c1cnccn1. The van der Waals surface area contributed by atoms with Gasteiger partial charge in [-0.05, 0) is 17.5 Å². The van der Waals surface area contributed by atoms with Crippen LogP contribution in [-0.4, -0.2) is 20.1 Å². The van der Waals surface area contributed by atoms with Crippen molar-refractivity contribution in [1.29, 1.82) is 0 Å². The lowest BCUT2D eigenvalue weighted by Gasteiger charge is -2.12. The highest BCUT2D eigenvalue weighted by Gasteiger charge is 2.18. The molecule has 0 saturated heterocycles. The van der Waals surface area contributed by atoms with Gasteiger partial charge in [0, 0.05) is 29.2 Å². The Kier molecular flexibility index (Phi) is 3.62. The molecule has 0 aliphatic carbocycles. The molecule has 0 spiro atoms. The Labute approximate surface area is 122 Å². The minimum absolute atomic E-state index is 0.504. The maximum absolute atomic E-state index is 10.6. The van der Waals surface area contributed by atoms with Crippen molar-refractivity contribution in [3.63, 3.8) is 0 Å². The van der Waals surface area contributed by atoms with Crippen LogP contribution in [0.2, 0.25) is 0 Å². The van der Waals surface area contributed by atoms with Crippen LogP contribution >= 0.6 is 0 Å². The van der Waals surface area contributed by atoms with Crippen molar-refractivity contribution >= 4 is 16.5 Å². The third-order valence-electron chi connectivity index (χ3n) is 3.30. The highest BCUT2D eigenvalue weighted by molar-refractivity contribution is 5.85. The number of nitrogens with one attached hydrogen (secondary N) is 1. The molecule has 0 saturated carbocycles. The lowest BCUT2D eigenvalue weighted by molar-refractivity contribution is 0.232. The summed E-state index contributed by atoms with van der Waals surface area (Å²) in [6.45, 7) is 3.72. The van der Waals surface area contributed by atoms with Gasteiger partial charge in [0.05, 0.1) is 11.9 Å². The van der Waals surface area contributed by atoms with Crippen LogP contribution in [-0.2, 0) is 0 Å². The number of allylic oxidation sites excluding steroid dienone is 2. The fourth-order valence-corrected chi connectivity index (χ4v) is 2.30. The first-order valence-electron chi connectivity index (χ1n) is 6.64. The lowest BCUT2D eigenvalue weighted by atomic mass is 10.0. The van der Waals surface area contributed by atoms with Crippen molar-refractivity contribution < 1.29 is 5.11 Å². The maximum Gasteiger partial charge on any atom is 0.125 e. The zero-order valence-corrected chi connectivity index (χ0v) is 11.4. The minimum Gasteiger partial charge on any atom is -0.382 e. The fraction of sp³-hybridized carbons (Fsp3) is 0.0588. The van der Waals surface area contributed by atoms with E-state index in [4.69, 9.17) is 0 Å². The molecule has 1 aromatic carbocycles. The zero-order valence-electron chi connectivity index (χ0n) is 11.4. The molecular formula is C17H15N3O. The van der Waals surface area contributed by atoms with Gasteiger partial charge in [-0.25, -0.2) is 0 Å². The van der Waals surface area contributed by atoms with Gasteiger partial charge in [0.25, 0.3) is 0 Å². The fourth-order valence-electron chi connectivity index (χ4n) is 2.30. The Balaban J connectivity index is 2.06. The molecule has 21 heavy (non-hydrogen) atoms. The summed E-state index contributed by atoms with van der Waals surface area (Å²) in [6, 6.07) is 9.98. The Hall–Kier alpha value is -2.72. The van der Waals surface area contributed by atoms with Gasteiger partial charge in [-0.15, -0.1) is 0 Å². The van der Waals surface area contributed by atoms with E-state index in [0.717, 1.165) is 16.6 Å². The van der Waals surface area contributed by atoms with E-state index in [2.05, 4.69) is 21.5 Å². The highest BCUT2D eigenvalue weighted by atomic mass is 16.3. The van der Waals surface area contributed by atoms with Gasteiger partial charge in [-0.1, -0.05) is 36.9 Å². The number of aromatic nitrogens is 3. The number of nitrogens with zero attached hydrogens (tertiary/aromatic N) is 2. The normalized spacial score (nSPS) is 13.3. The predicted octanol–water partition coefficient (Wildman–Crippen LogP) is 3.26. The van der Waals surface area contributed by atoms with Crippen molar-refractivity contribution in [2.45, 2.75) is 6.10 Å². The molecule has 3 aromatic rings. The third-order valence-corrected chi connectivity index (χ3v) is 3.30. The summed E-state index contributed by atoms with van der Waals surface area (Å²) in [6.07, 6.45) is 7.28. The van der Waals surface area contributed by atoms with E-state index in [9.17, 15) is 5.11 Å². The topological polar surface area (TPSA) is 61.8 Å². The monoisotopic (exact) mass is 277 g/mol. The molecule has 0 aliphatic heterocycles. The van der Waals surface area contributed by atoms with Crippen LogP contribution in [0.25, 0.3) is 16.5 Å². The number of benzene rings is 1. The number of hydrogen-bond acceptors (Lipinski definition) is 3. The average molecular weight is 277 g/mol. The third kappa shape index (κ3) is 2.61. The van der Waals surface area contributed by atoms with Crippen molar-refractivity contribution in [3.05, 3.63) is 79.0 Å². The Bertz CT molecular complexity index is 757. The van der Waals surface area contributed by atoms with Crippen LogP contribution in [0.4, 0.5) is 0 Å². The summed E-state index contributed by atoms with van der Waals surface area (Å²) >= 11 is 0. The minimum atomic E-state index is -0.857. The van der Waals surface area contributed by atoms with Crippen molar-refractivity contribution in [2.24, 2.45) is 0 Å². The maximum atomic E-state index is 10.6. The summed E-state index contributed by atoms with van der Waals surface area (Å²) in [5.41, 5.74) is 3.08. The van der Waals surface area contributed by atoms with Crippen molar-refractivity contribution in [1.82, 2.24) is 15.0 Å². The van der Waals surface area contributed by atoms with Crippen LogP contribution in [0, 0.1) is 0 Å². The summed E-state index contributed by atoms with van der Waals surface area (Å²) in [4.78, 5) is 11.5. The average Bonchev–Trinajstić information content (AvgIpc) is 2.96. The van der Waals surface area contributed by atoms with Gasteiger partial charge in [0.2, 0.25) is 0 Å². The summed E-state index contributed by atoms with van der Waals surface area (Å²) in [5.74, 6) is 0. The Morgan fingerprint density at radius 2 is 2.14 bits per heavy atom. The molecule has 2 aromatic heterocycles. The van der Waals surface area contributed by atoms with E-state index >= 15 is 0 Å². The van der Waals surface area contributed by atoms with E-state index in [-0.39, 0.29) is 0 Å². The molecule has 3 rings (SSSR count). The van der Waals surface area contributed by atoms with Crippen LogP contribution in [0.1, 0.15) is 17.5 Å². The number of aliphatic hydroxyl groups excluding tert-OH is 1. The number of para-hydroxylation sites is 1. The molecule has 0 fully saturated rings. The van der Waals surface area contributed by atoms with E-state index < -0.39 is 6.10 Å². The molecule has 2 heterocycles. The molecule has 4 nitrogen and oxygen atoms in total. The van der Waals surface area contributed by atoms with Crippen molar-refractivity contribution in [3.8, 4) is 0 Å². The second-order valence-electron chi connectivity index (χ2n) is 4.66. The standard InChI is InChI=1S/C17H15N3O/c1-2-5-13(17(21)16-11-18-8-9-19-16)15-10-12-6-3-4-7-14(12)20-15/h2-11,17,20-21H,1H2/b13-5+/t17-/m0/s1. The zero-order chi connectivity index (χ0) is 14.7. The van der Waals surface area contributed by atoms with Gasteiger partial charge < -0.3 is 10.1 Å². The van der Waals surface area contributed by atoms with E-state index in [1.54, 1.807) is 30.7 Å².